The second-order valence-electron chi connectivity index (χ2n) is 10.5. The van der Waals surface area contributed by atoms with E-state index < -0.39 is 10.1 Å². The molecule has 1 amide bonds. The molecule has 5 rings (SSSR count). The Balaban J connectivity index is 0.000000818. The van der Waals surface area contributed by atoms with Gasteiger partial charge in [0.1, 0.15) is 17.3 Å². The molecular weight excluding hydrogens is 586 g/mol. The van der Waals surface area contributed by atoms with Gasteiger partial charge >= 0.3 is 0 Å². The number of amides is 1. The van der Waals surface area contributed by atoms with Gasteiger partial charge in [-0.2, -0.15) is 8.42 Å². The highest BCUT2D eigenvalue weighted by Crippen LogP contribution is 2.30. The molecule has 3 aromatic carbocycles. The summed E-state index contributed by atoms with van der Waals surface area (Å²) in [6, 6.07) is 20.1. The van der Waals surface area contributed by atoms with Crippen LogP contribution in [0.3, 0.4) is 0 Å². The average molecular weight is 624 g/mol. The van der Waals surface area contributed by atoms with Crippen molar-refractivity contribution < 1.29 is 32.0 Å². The summed E-state index contributed by atoms with van der Waals surface area (Å²) in [5, 5.41) is 13.4. The molecule has 1 aliphatic heterocycles. The summed E-state index contributed by atoms with van der Waals surface area (Å²) in [4.78, 5) is 31.0. The lowest BCUT2D eigenvalue weighted by molar-refractivity contribution is 0.0951. The van der Waals surface area contributed by atoms with Crippen LogP contribution in [0.4, 0.5) is 5.69 Å². The highest BCUT2D eigenvalue weighted by atomic mass is 32.2. The molecule has 11 nitrogen and oxygen atoms in total. The predicted molar refractivity (Wildman–Crippen MR) is 170 cm³/mol. The van der Waals surface area contributed by atoms with Gasteiger partial charge in [0, 0.05) is 43.9 Å². The lowest BCUT2D eigenvalue weighted by atomic mass is 10.0. The van der Waals surface area contributed by atoms with Crippen LogP contribution < -0.4 is 20.4 Å². The third-order valence-corrected chi connectivity index (χ3v) is 7.22. The van der Waals surface area contributed by atoms with Crippen molar-refractivity contribution in [3.63, 3.8) is 0 Å². The van der Waals surface area contributed by atoms with Crippen LogP contribution in [0.5, 0.6) is 11.5 Å². The van der Waals surface area contributed by atoms with E-state index in [2.05, 4.69) is 21.2 Å². The Morgan fingerprint density at radius 3 is 2.32 bits per heavy atom. The molecule has 3 N–H and O–H groups in total. The number of benzene rings is 3. The van der Waals surface area contributed by atoms with E-state index in [0.717, 1.165) is 56.1 Å². The van der Waals surface area contributed by atoms with Crippen molar-refractivity contribution in [2.75, 3.05) is 57.5 Å². The third-order valence-electron chi connectivity index (χ3n) is 7.22. The summed E-state index contributed by atoms with van der Waals surface area (Å²) in [6.45, 7) is 6.67. The zero-order chi connectivity index (χ0) is 31.9. The molecule has 2 heterocycles. The summed E-state index contributed by atoms with van der Waals surface area (Å²) in [5.41, 5.74) is 2.34. The number of rotatable bonds is 8. The smallest absolute Gasteiger partial charge is 0.261 e. The number of para-hydroxylation sites is 2. The molecular formula is C32H37N3O8S. The first-order chi connectivity index (χ1) is 21.0. The highest BCUT2D eigenvalue weighted by molar-refractivity contribution is 7.85. The molecule has 1 aromatic heterocycles. The number of carbonyl (C=O) groups is 1. The molecule has 1 fully saturated rings. The van der Waals surface area contributed by atoms with Gasteiger partial charge in [0.15, 0.2) is 11.0 Å². The van der Waals surface area contributed by atoms with Crippen LogP contribution in [0.15, 0.2) is 75.9 Å². The first kappa shape index (κ1) is 32.5. The van der Waals surface area contributed by atoms with Crippen molar-refractivity contribution >= 4 is 32.7 Å². The minimum absolute atomic E-state index is 0.143. The lowest BCUT2D eigenvalue weighted by Gasteiger charge is -2.36. The Kier molecular flexibility index (Phi) is 10.6. The number of piperazine rings is 1. The number of hydrogen-bond acceptors (Lipinski definition) is 9. The van der Waals surface area contributed by atoms with Crippen molar-refractivity contribution in [3.05, 3.63) is 88.1 Å². The van der Waals surface area contributed by atoms with Gasteiger partial charge in [0.05, 0.1) is 30.0 Å². The number of fused-ring (bicyclic) bond motifs is 1. The van der Waals surface area contributed by atoms with Crippen molar-refractivity contribution in [2.45, 2.75) is 13.3 Å². The second kappa shape index (κ2) is 14.4. The van der Waals surface area contributed by atoms with Crippen molar-refractivity contribution in [2.24, 2.45) is 0 Å². The molecule has 0 saturated carbocycles. The fourth-order valence-corrected chi connectivity index (χ4v) is 5.11. The maximum atomic E-state index is 13.1. The fourth-order valence-electron chi connectivity index (χ4n) is 5.11. The van der Waals surface area contributed by atoms with Crippen LogP contribution in [0, 0.1) is 6.92 Å². The Labute approximate surface area is 256 Å². The molecule has 1 saturated heterocycles. The summed E-state index contributed by atoms with van der Waals surface area (Å²) in [6.07, 6.45) is 1.49. The zero-order valence-corrected chi connectivity index (χ0v) is 25.8. The van der Waals surface area contributed by atoms with Gasteiger partial charge in [-0.25, -0.2) is 0 Å². The molecule has 0 bridgehead atoms. The number of anilines is 1. The van der Waals surface area contributed by atoms with Crippen molar-refractivity contribution in [3.8, 4) is 22.8 Å². The summed E-state index contributed by atoms with van der Waals surface area (Å²) < 4.78 is 37.5. The minimum Gasteiger partial charge on any atom is -0.508 e. The van der Waals surface area contributed by atoms with Crippen molar-refractivity contribution in [1.29, 1.82) is 0 Å². The largest absolute Gasteiger partial charge is 0.508 e. The van der Waals surface area contributed by atoms with E-state index in [1.807, 2.05) is 48.5 Å². The number of methoxy groups -OCH3 is 1. The molecule has 0 radical (unpaired) electrons. The normalized spacial score (nSPS) is 13.7. The molecule has 234 valence electrons. The quantitative estimate of drug-likeness (QED) is 0.195. The van der Waals surface area contributed by atoms with E-state index in [0.29, 0.717) is 24.1 Å². The Morgan fingerprint density at radius 2 is 1.66 bits per heavy atom. The monoisotopic (exact) mass is 623 g/mol. The molecule has 4 aromatic rings. The number of aromatic hydroxyl groups is 1. The minimum atomic E-state index is -3.67. The number of hydrogen-bond donors (Lipinski definition) is 3. The van der Waals surface area contributed by atoms with Gasteiger partial charge in [-0.05, 0) is 44.2 Å². The molecule has 1 aliphatic rings. The first-order valence-electron chi connectivity index (χ1n) is 14.1. The van der Waals surface area contributed by atoms with E-state index >= 15 is 0 Å². The van der Waals surface area contributed by atoms with Gasteiger partial charge in [-0.1, -0.05) is 42.5 Å². The number of ether oxygens (including phenoxy) is 1. The van der Waals surface area contributed by atoms with E-state index in [4.69, 9.17) is 13.7 Å². The van der Waals surface area contributed by atoms with Crippen LogP contribution in [0.25, 0.3) is 22.3 Å². The van der Waals surface area contributed by atoms with Crippen molar-refractivity contribution in [1.82, 2.24) is 10.2 Å². The van der Waals surface area contributed by atoms with Gasteiger partial charge < -0.3 is 24.5 Å². The molecule has 0 unspecified atom stereocenters. The summed E-state index contributed by atoms with van der Waals surface area (Å²) in [5.74, 6) is 0.762. The molecule has 12 heteroatoms. The number of nitrogens with zero attached hydrogens (tertiary/aromatic N) is 2. The molecule has 0 atom stereocenters. The van der Waals surface area contributed by atoms with Crippen LogP contribution in [-0.2, 0) is 10.1 Å². The van der Waals surface area contributed by atoms with Crippen LogP contribution in [0.1, 0.15) is 22.3 Å². The van der Waals surface area contributed by atoms with Gasteiger partial charge in [-0.3, -0.25) is 19.0 Å². The standard InChI is InChI=1S/C31H33N3O5.CH4O3S/c1-21-28(36)24-19-23(35)20-25(30(24)39-29(21)22-9-4-3-5-10-22)31(37)32-13-8-14-33-15-17-34(18-16-33)26-11-6-7-12-27(26)38-2;1-5(2,3)4/h3-7,9-12,19-20,35H,8,13-18H2,1-2H3,(H,32,37);1H3,(H,2,3,4). The summed E-state index contributed by atoms with van der Waals surface area (Å²) in [7, 11) is -1.97. The maximum Gasteiger partial charge on any atom is 0.261 e. The third kappa shape index (κ3) is 8.37. The van der Waals surface area contributed by atoms with E-state index in [9.17, 15) is 23.1 Å². The first-order valence-corrected chi connectivity index (χ1v) is 16.0. The fraction of sp³-hybridized carbons (Fsp3) is 0.312. The van der Waals surface area contributed by atoms with Gasteiger partial charge in [-0.15, -0.1) is 0 Å². The predicted octanol–water partition coefficient (Wildman–Crippen LogP) is 3.93. The van der Waals surface area contributed by atoms with E-state index in [1.54, 1.807) is 14.0 Å². The van der Waals surface area contributed by atoms with E-state index in [-0.39, 0.29) is 33.6 Å². The number of phenols is 1. The van der Waals surface area contributed by atoms with Gasteiger partial charge in [0.25, 0.3) is 16.0 Å². The Bertz CT molecular complexity index is 1760. The maximum absolute atomic E-state index is 13.1. The topological polar surface area (TPSA) is 150 Å². The van der Waals surface area contributed by atoms with Crippen LogP contribution in [0.2, 0.25) is 0 Å². The highest BCUT2D eigenvalue weighted by Gasteiger charge is 2.21. The molecule has 0 spiro atoms. The summed E-state index contributed by atoms with van der Waals surface area (Å²) >= 11 is 0. The average Bonchev–Trinajstić information content (AvgIpc) is 3.00. The number of carbonyl (C=O) groups excluding carboxylic acids is 1. The van der Waals surface area contributed by atoms with Crippen LogP contribution in [-0.4, -0.2) is 81.5 Å². The lowest BCUT2D eigenvalue weighted by Crippen LogP contribution is -2.47. The Hall–Kier alpha value is -4.39. The molecule has 0 aliphatic carbocycles. The number of nitrogens with one attached hydrogen (secondary N) is 1. The SMILES string of the molecule is COc1ccccc1N1CCN(CCCNC(=O)c2cc(O)cc3c(=O)c(C)c(-c4ccccc4)oc23)CC1.CS(=O)(=O)O. The van der Waals surface area contributed by atoms with Gasteiger partial charge in [0.2, 0.25) is 0 Å². The number of phenolic OH excluding ortho intramolecular Hbond substituents is 1. The van der Waals surface area contributed by atoms with Crippen LogP contribution >= 0.6 is 0 Å². The van der Waals surface area contributed by atoms with E-state index in [1.165, 1.54) is 12.1 Å². The Morgan fingerprint density at radius 1 is 1.02 bits per heavy atom. The molecule has 44 heavy (non-hydrogen) atoms. The zero-order valence-electron chi connectivity index (χ0n) is 24.9. The second-order valence-corrected chi connectivity index (χ2v) is 11.9.